The standard InChI is InChI=1S/C19H25N3O3S/c1-2-3-9-20-12-14-22(15-13-20)26(24,25)18-8-6-7-17(16-18)19(23)21-10-4-5-11-21/h1,6-8,16H,3-5,9-15H2. The van der Waals surface area contributed by atoms with Crippen LogP contribution in [0.2, 0.25) is 0 Å². The summed E-state index contributed by atoms with van der Waals surface area (Å²) in [4.78, 5) is 16.7. The maximum Gasteiger partial charge on any atom is 0.253 e. The van der Waals surface area contributed by atoms with Gasteiger partial charge in [0, 0.05) is 57.8 Å². The quantitative estimate of drug-likeness (QED) is 0.727. The molecule has 2 fully saturated rings. The molecule has 0 saturated carbocycles. The van der Waals surface area contributed by atoms with Crippen molar-refractivity contribution >= 4 is 15.9 Å². The minimum Gasteiger partial charge on any atom is -0.339 e. The van der Waals surface area contributed by atoms with Gasteiger partial charge in [0.25, 0.3) is 5.91 Å². The number of nitrogens with zero attached hydrogens (tertiary/aromatic N) is 3. The molecule has 26 heavy (non-hydrogen) atoms. The molecule has 2 saturated heterocycles. The third-order valence-electron chi connectivity index (χ3n) is 5.02. The van der Waals surface area contributed by atoms with E-state index in [4.69, 9.17) is 6.42 Å². The van der Waals surface area contributed by atoms with E-state index in [2.05, 4.69) is 10.8 Å². The molecule has 1 aromatic carbocycles. The number of hydrogen-bond acceptors (Lipinski definition) is 4. The van der Waals surface area contributed by atoms with E-state index in [9.17, 15) is 13.2 Å². The molecular weight excluding hydrogens is 350 g/mol. The predicted octanol–water partition coefficient (Wildman–Crippen LogP) is 1.25. The Balaban J connectivity index is 1.71. The maximum atomic E-state index is 13.0. The van der Waals surface area contributed by atoms with Gasteiger partial charge in [0.15, 0.2) is 0 Å². The van der Waals surface area contributed by atoms with Crippen LogP contribution in [0.1, 0.15) is 29.6 Å². The lowest BCUT2D eigenvalue weighted by Gasteiger charge is -2.33. The number of hydrogen-bond donors (Lipinski definition) is 0. The van der Waals surface area contributed by atoms with Crippen LogP contribution in [-0.2, 0) is 10.0 Å². The lowest BCUT2D eigenvalue weighted by atomic mass is 10.2. The third kappa shape index (κ3) is 4.09. The summed E-state index contributed by atoms with van der Waals surface area (Å²) in [5.74, 6) is 2.53. The first-order valence-corrected chi connectivity index (χ1v) is 10.5. The zero-order valence-electron chi connectivity index (χ0n) is 14.9. The average molecular weight is 375 g/mol. The summed E-state index contributed by atoms with van der Waals surface area (Å²) in [5.41, 5.74) is 0.445. The molecule has 1 aromatic rings. The summed E-state index contributed by atoms with van der Waals surface area (Å²) in [6.45, 7) is 4.52. The second-order valence-corrected chi connectivity index (χ2v) is 8.66. The molecule has 0 atom stereocenters. The van der Waals surface area contributed by atoms with Gasteiger partial charge >= 0.3 is 0 Å². The Labute approximate surface area is 155 Å². The normalized spacial score (nSPS) is 19.4. The van der Waals surface area contributed by atoms with Crippen LogP contribution in [0.4, 0.5) is 0 Å². The number of benzene rings is 1. The monoisotopic (exact) mass is 375 g/mol. The fourth-order valence-corrected chi connectivity index (χ4v) is 4.93. The van der Waals surface area contributed by atoms with Gasteiger partial charge in [-0.25, -0.2) is 8.42 Å². The van der Waals surface area contributed by atoms with Gasteiger partial charge in [0.1, 0.15) is 0 Å². The fraction of sp³-hybridized carbons (Fsp3) is 0.526. The number of amides is 1. The highest BCUT2D eigenvalue weighted by Crippen LogP contribution is 2.21. The number of carbonyl (C=O) groups excluding carboxylic acids is 1. The Morgan fingerprint density at radius 1 is 1.08 bits per heavy atom. The number of carbonyl (C=O) groups is 1. The molecule has 0 radical (unpaired) electrons. The van der Waals surface area contributed by atoms with Gasteiger partial charge in [0.2, 0.25) is 10.0 Å². The minimum atomic E-state index is -3.59. The van der Waals surface area contributed by atoms with Crippen LogP contribution in [0.5, 0.6) is 0 Å². The first kappa shape index (κ1) is 18.9. The number of likely N-dealkylation sites (tertiary alicyclic amines) is 1. The highest BCUT2D eigenvalue weighted by Gasteiger charge is 2.29. The van der Waals surface area contributed by atoms with Crippen LogP contribution in [0.15, 0.2) is 29.2 Å². The molecule has 6 nitrogen and oxygen atoms in total. The molecule has 7 heteroatoms. The number of sulfonamides is 1. The molecule has 0 aliphatic carbocycles. The number of piperazine rings is 1. The fourth-order valence-electron chi connectivity index (χ4n) is 3.46. The van der Waals surface area contributed by atoms with Crippen LogP contribution in [0, 0.1) is 12.3 Å². The van der Waals surface area contributed by atoms with Crippen LogP contribution in [-0.4, -0.2) is 74.2 Å². The largest absolute Gasteiger partial charge is 0.339 e. The van der Waals surface area contributed by atoms with E-state index in [0.717, 1.165) is 32.5 Å². The van der Waals surface area contributed by atoms with E-state index in [0.29, 0.717) is 38.2 Å². The van der Waals surface area contributed by atoms with Crippen molar-refractivity contribution in [1.29, 1.82) is 0 Å². The van der Waals surface area contributed by atoms with Crippen molar-refractivity contribution in [1.82, 2.24) is 14.1 Å². The summed E-state index contributed by atoms with van der Waals surface area (Å²) in [6, 6.07) is 6.43. The molecule has 2 aliphatic heterocycles. The van der Waals surface area contributed by atoms with Gasteiger partial charge in [-0.2, -0.15) is 4.31 Å². The van der Waals surface area contributed by atoms with E-state index < -0.39 is 10.0 Å². The van der Waals surface area contributed by atoms with Gasteiger partial charge in [-0.05, 0) is 31.0 Å². The van der Waals surface area contributed by atoms with E-state index >= 15 is 0 Å². The van der Waals surface area contributed by atoms with E-state index in [-0.39, 0.29) is 10.8 Å². The molecule has 3 rings (SSSR count). The Morgan fingerprint density at radius 2 is 1.77 bits per heavy atom. The Morgan fingerprint density at radius 3 is 2.42 bits per heavy atom. The lowest BCUT2D eigenvalue weighted by Crippen LogP contribution is -2.48. The first-order valence-electron chi connectivity index (χ1n) is 9.07. The summed E-state index contributed by atoms with van der Waals surface area (Å²) >= 11 is 0. The molecule has 0 N–H and O–H groups in total. The number of terminal acetylenes is 1. The van der Waals surface area contributed by atoms with Crippen molar-refractivity contribution < 1.29 is 13.2 Å². The molecule has 0 bridgehead atoms. The summed E-state index contributed by atoms with van der Waals surface area (Å²) in [7, 11) is -3.59. The topological polar surface area (TPSA) is 60.9 Å². The Hall–Kier alpha value is -1.88. The van der Waals surface area contributed by atoms with Gasteiger partial charge < -0.3 is 4.90 Å². The smallest absolute Gasteiger partial charge is 0.253 e. The molecular formula is C19H25N3O3S. The Kier molecular flexibility index (Phi) is 5.97. The predicted molar refractivity (Wildman–Crippen MR) is 100 cm³/mol. The highest BCUT2D eigenvalue weighted by molar-refractivity contribution is 7.89. The van der Waals surface area contributed by atoms with Crippen molar-refractivity contribution in [2.45, 2.75) is 24.2 Å². The van der Waals surface area contributed by atoms with Crippen LogP contribution >= 0.6 is 0 Å². The van der Waals surface area contributed by atoms with E-state index in [1.165, 1.54) is 10.4 Å². The SMILES string of the molecule is C#CCCN1CCN(S(=O)(=O)c2cccc(C(=O)N3CCCC3)c2)CC1. The minimum absolute atomic E-state index is 0.0846. The van der Waals surface area contributed by atoms with Gasteiger partial charge in [-0.15, -0.1) is 12.3 Å². The lowest BCUT2D eigenvalue weighted by molar-refractivity contribution is 0.0792. The summed E-state index contributed by atoms with van der Waals surface area (Å²) in [6.07, 6.45) is 7.98. The molecule has 2 heterocycles. The van der Waals surface area contributed by atoms with Gasteiger partial charge in [0.05, 0.1) is 4.90 Å². The molecule has 0 unspecified atom stereocenters. The van der Waals surface area contributed by atoms with Crippen molar-refractivity contribution in [2.24, 2.45) is 0 Å². The van der Waals surface area contributed by atoms with Crippen LogP contribution in [0.3, 0.4) is 0 Å². The highest BCUT2D eigenvalue weighted by atomic mass is 32.2. The molecule has 140 valence electrons. The van der Waals surface area contributed by atoms with Crippen LogP contribution in [0.25, 0.3) is 0 Å². The van der Waals surface area contributed by atoms with Crippen LogP contribution < -0.4 is 0 Å². The van der Waals surface area contributed by atoms with E-state index in [1.54, 1.807) is 23.1 Å². The van der Waals surface area contributed by atoms with Gasteiger partial charge in [-0.3, -0.25) is 9.69 Å². The summed E-state index contributed by atoms with van der Waals surface area (Å²) in [5, 5.41) is 0. The summed E-state index contributed by atoms with van der Waals surface area (Å²) < 4.78 is 27.4. The molecule has 1 amide bonds. The zero-order chi connectivity index (χ0) is 18.6. The average Bonchev–Trinajstić information content (AvgIpc) is 3.21. The Bertz CT molecular complexity index is 786. The zero-order valence-corrected chi connectivity index (χ0v) is 15.7. The molecule has 2 aliphatic rings. The van der Waals surface area contributed by atoms with Gasteiger partial charge in [-0.1, -0.05) is 6.07 Å². The third-order valence-corrected chi connectivity index (χ3v) is 6.91. The molecule has 0 spiro atoms. The number of rotatable bonds is 5. The first-order chi connectivity index (χ1) is 12.5. The van der Waals surface area contributed by atoms with Crippen molar-refractivity contribution in [3.8, 4) is 12.3 Å². The van der Waals surface area contributed by atoms with Crippen molar-refractivity contribution in [3.63, 3.8) is 0 Å². The van der Waals surface area contributed by atoms with Crippen molar-refractivity contribution in [3.05, 3.63) is 29.8 Å². The molecule has 0 aromatic heterocycles. The van der Waals surface area contributed by atoms with Crippen molar-refractivity contribution in [2.75, 3.05) is 45.8 Å². The maximum absolute atomic E-state index is 13.0. The second-order valence-electron chi connectivity index (χ2n) is 6.73. The van der Waals surface area contributed by atoms with E-state index in [1.807, 2.05) is 0 Å². The second kappa shape index (κ2) is 8.21.